The number of anilines is 1. The molecule has 0 radical (unpaired) electrons. The summed E-state index contributed by atoms with van der Waals surface area (Å²) in [6, 6.07) is 6.70. The van der Waals surface area contributed by atoms with E-state index >= 15 is 0 Å². The Labute approximate surface area is 222 Å². The minimum Gasteiger partial charge on any atom is -0.490 e. The number of thiol groups is 1. The van der Waals surface area contributed by atoms with Gasteiger partial charge in [0, 0.05) is 35.5 Å². The summed E-state index contributed by atoms with van der Waals surface area (Å²) in [5, 5.41) is 12.9. The molecule has 36 heavy (non-hydrogen) atoms. The molecule has 2 aliphatic carbocycles. The van der Waals surface area contributed by atoms with Gasteiger partial charge in [0.2, 0.25) is 5.91 Å². The van der Waals surface area contributed by atoms with E-state index in [1.807, 2.05) is 13.8 Å². The van der Waals surface area contributed by atoms with Crippen molar-refractivity contribution in [2.45, 2.75) is 97.1 Å². The van der Waals surface area contributed by atoms with Gasteiger partial charge in [0.25, 0.3) is 0 Å². The molecule has 8 heteroatoms. The Kier molecular flexibility index (Phi) is 14.1. The minimum absolute atomic E-state index is 0.297. The van der Waals surface area contributed by atoms with Crippen molar-refractivity contribution in [3.63, 3.8) is 0 Å². The van der Waals surface area contributed by atoms with Crippen molar-refractivity contribution in [2.75, 3.05) is 30.4 Å². The van der Waals surface area contributed by atoms with Gasteiger partial charge in [-0.25, -0.2) is 0 Å². The Bertz CT molecular complexity index is 778. The zero-order chi connectivity index (χ0) is 26.3. The van der Waals surface area contributed by atoms with E-state index in [4.69, 9.17) is 14.6 Å². The van der Waals surface area contributed by atoms with Gasteiger partial charge in [-0.3, -0.25) is 9.59 Å². The molecule has 0 aromatic heterocycles. The number of carbonyl (C=O) groups excluding carboxylic acids is 1. The van der Waals surface area contributed by atoms with Crippen LogP contribution in [0.5, 0.6) is 11.5 Å². The molecule has 2 fully saturated rings. The number of carbonyl (C=O) groups is 2. The molecule has 1 aromatic carbocycles. The molecule has 1 amide bonds. The smallest absolute Gasteiger partial charge is 0.323 e. The van der Waals surface area contributed by atoms with Gasteiger partial charge in [-0.2, -0.15) is 12.6 Å². The summed E-state index contributed by atoms with van der Waals surface area (Å²) in [5.74, 6) is -0.397. The third-order valence-corrected chi connectivity index (χ3v) is 7.32. The van der Waals surface area contributed by atoms with Crippen molar-refractivity contribution in [3.8, 4) is 11.5 Å². The summed E-state index contributed by atoms with van der Waals surface area (Å²) in [5.41, 5.74) is 0.456. The molecule has 2 aliphatic rings. The molecule has 1 unspecified atom stereocenters. The van der Waals surface area contributed by atoms with Gasteiger partial charge in [-0.1, -0.05) is 45.4 Å². The van der Waals surface area contributed by atoms with Gasteiger partial charge >= 0.3 is 5.97 Å². The van der Waals surface area contributed by atoms with Crippen LogP contribution < -0.4 is 19.7 Å². The molecular weight excluding hydrogens is 476 g/mol. The maximum absolute atomic E-state index is 12.4. The molecule has 0 saturated heterocycles. The van der Waals surface area contributed by atoms with Crippen LogP contribution in [0.15, 0.2) is 18.2 Å². The van der Waals surface area contributed by atoms with E-state index in [-0.39, 0.29) is 11.8 Å². The van der Waals surface area contributed by atoms with Crippen LogP contribution in [0.4, 0.5) is 5.69 Å². The van der Waals surface area contributed by atoms with E-state index in [1.165, 1.54) is 69.1 Å². The summed E-state index contributed by atoms with van der Waals surface area (Å²) in [6.45, 7) is 5.90. The predicted octanol–water partition coefficient (Wildman–Crippen LogP) is 5.71. The van der Waals surface area contributed by atoms with Crippen molar-refractivity contribution in [3.05, 3.63) is 18.2 Å². The number of ether oxygens (including phenoxy) is 2. The van der Waals surface area contributed by atoms with Crippen LogP contribution in [0.2, 0.25) is 0 Å². The molecule has 204 valence electrons. The van der Waals surface area contributed by atoms with E-state index in [0.717, 1.165) is 12.1 Å². The molecule has 1 atom stereocenters. The second-order valence-corrected chi connectivity index (χ2v) is 10.1. The molecule has 0 aliphatic heterocycles. The number of hydrogen-bond acceptors (Lipinski definition) is 6. The van der Waals surface area contributed by atoms with Gasteiger partial charge in [-0.05, 0) is 51.7 Å². The second kappa shape index (κ2) is 16.7. The molecule has 7 nitrogen and oxygen atoms in total. The number of nitrogens with zero attached hydrogens (tertiary/aromatic N) is 1. The van der Waals surface area contributed by atoms with E-state index in [2.05, 4.69) is 17.9 Å². The lowest BCUT2D eigenvalue weighted by Gasteiger charge is -2.30. The summed E-state index contributed by atoms with van der Waals surface area (Å²) < 4.78 is 11.0. The van der Waals surface area contributed by atoms with Crippen molar-refractivity contribution >= 4 is 30.2 Å². The lowest BCUT2D eigenvalue weighted by molar-refractivity contribution is -0.137. The summed E-state index contributed by atoms with van der Waals surface area (Å²) in [6.07, 6.45) is 14.6. The lowest BCUT2D eigenvalue weighted by atomic mass is 9.91. The first kappa shape index (κ1) is 30.3. The van der Waals surface area contributed by atoms with Crippen molar-refractivity contribution in [2.24, 2.45) is 5.92 Å². The van der Waals surface area contributed by atoms with Crippen molar-refractivity contribution in [1.82, 2.24) is 5.32 Å². The Morgan fingerprint density at radius 3 is 1.97 bits per heavy atom. The molecule has 2 saturated carbocycles. The van der Waals surface area contributed by atoms with Crippen LogP contribution >= 0.6 is 12.6 Å². The van der Waals surface area contributed by atoms with Crippen LogP contribution in [0.25, 0.3) is 0 Å². The molecule has 2 N–H and O–H groups in total. The number of carboxylic acid groups (broad SMARTS) is 1. The number of carboxylic acids is 1. The number of benzene rings is 1. The molecular formula is C28H46N2O5S. The average molecular weight is 523 g/mol. The second-order valence-electron chi connectivity index (χ2n) is 9.74. The first-order valence-corrected chi connectivity index (χ1v) is 14.3. The number of rotatable bonds is 11. The fourth-order valence-corrected chi connectivity index (χ4v) is 5.01. The Hall–Kier alpha value is -1.93. The molecule has 1 aromatic rings. The fraction of sp³-hybridized carbons (Fsp3) is 0.714. The number of aliphatic carboxylic acids is 1. The maximum atomic E-state index is 12.4. The minimum atomic E-state index is -1.09. The normalized spacial score (nSPS) is 17.4. The summed E-state index contributed by atoms with van der Waals surface area (Å²) in [4.78, 5) is 24.8. The van der Waals surface area contributed by atoms with E-state index < -0.39 is 12.5 Å². The Balaban J connectivity index is 0.000000293. The van der Waals surface area contributed by atoms with E-state index in [1.54, 1.807) is 25.1 Å². The van der Waals surface area contributed by atoms with Crippen LogP contribution in [0, 0.1) is 5.92 Å². The quantitative estimate of drug-likeness (QED) is 0.323. The Morgan fingerprint density at radius 1 is 0.972 bits per heavy atom. The summed E-state index contributed by atoms with van der Waals surface area (Å²) in [7, 11) is 0. The van der Waals surface area contributed by atoms with Crippen LogP contribution in [0.3, 0.4) is 0 Å². The van der Waals surface area contributed by atoms with Gasteiger partial charge in [0.15, 0.2) is 11.5 Å². The predicted molar refractivity (Wildman–Crippen MR) is 149 cm³/mol. The first-order valence-electron chi connectivity index (χ1n) is 13.7. The summed E-state index contributed by atoms with van der Waals surface area (Å²) >= 11 is 4.11. The van der Waals surface area contributed by atoms with Gasteiger partial charge in [-0.15, -0.1) is 0 Å². The number of amides is 1. The Morgan fingerprint density at radius 2 is 1.50 bits per heavy atom. The maximum Gasteiger partial charge on any atom is 0.323 e. The van der Waals surface area contributed by atoms with E-state index in [0.29, 0.717) is 36.2 Å². The highest BCUT2D eigenvalue weighted by atomic mass is 32.1. The molecule has 0 spiro atoms. The van der Waals surface area contributed by atoms with Gasteiger partial charge < -0.3 is 24.8 Å². The standard InChI is InChI=1S/C16H23NO5S.C12H23N/c1-4-21-13-7-6-12(8-14(13)22-5-2)17(9-15(18)19)16(20)11(3)10-23;1-3-7-11(8-4-1)13-12-9-5-2-6-10-12/h6-8,11,23H,4-5,9-10H2,1-3H3,(H,18,19);11-13H,1-10H2. The molecule has 3 rings (SSSR count). The highest BCUT2D eigenvalue weighted by molar-refractivity contribution is 7.80. The van der Waals surface area contributed by atoms with Crippen molar-refractivity contribution < 1.29 is 24.2 Å². The van der Waals surface area contributed by atoms with Crippen LogP contribution in [-0.2, 0) is 9.59 Å². The lowest BCUT2D eigenvalue weighted by Crippen LogP contribution is -2.40. The number of hydrogen-bond donors (Lipinski definition) is 3. The third-order valence-electron chi connectivity index (χ3n) is 6.78. The topological polar surface area (TPSA) is 88.1 Å². The largest absolute Gasteiger partial charge is 0.490 e. The van der Waals surface area contributed by atoms with E-state index in [9.17, 15) is 9.59 Å². The monoisotopic (exact) mass is 522 g/mol. The number of nitrogens with one attached hydrogen (secondary N) is 1. The highest BCUT2D eigenvalue weighted by Gasteiger charge is 2.24. The molecule has 0 bridgehead atoms. The zero-order valence-corrected chi connectivity index (χ0v) is 23.2. The van der Waals surface area contributed by atoms with Crippen LogP contribution in [-0.4, -0.2) is 54.6 Å². The average Bonchev–Trinajstić information content (AvgIpc) is 2.89. The van der Waals surface area contributed by atoms with Gasteiger partial charge in [0.05, 0.1) is 13.2 Å². The zero-order valence-electron chi connectivity index (χ0n) is 22.3. The first-order chi connectivity index (χ1) is 17.4. The van der Waals surface area contributed by atoms with Crippen molar-refractivity contribution in [1.29, 1.82) is 0 Å². The SMILES string of the molecule is C1CCC(NC2CCCCC2)CC1.CCOc1ccc(N(CC(=O)O)C(=O)C(C)CS)cc1OCC. The fourth-order valence-electron chi connectivity index (χ4n) is 4.86. The van der Waals surface area contributed by atoms with Crippen LogP contribution in [0.1, 0.15) is 85.0 Å². The highest BCUT2D eigenvalue weighted by Crippen LogP contribution is 2.33. The third kappa shape index (κ3) is 10.2. The van der Waals surface area contributed by atoms with Gasteiger partial charge in [0.1, 0.15) is 6.54 Å². The molecule has 0 heterocycles.